The first-order chi connectivity index (χ1) is 12.4. The van der Waals surface area contributed by atoms with E-state index in [4.69, 9.17) is 9.47 Å². The van der Waals surface area contributed by atoms with Gasteiger partial charge in [0.15, 0.2) is 6.73 Å². The lowest BCUT2D eigenvalue weighted by Crippen LogP contribution is -2.46. The van der Waals surface area contributed by atoms with Crippen LogP contribution in [0.25, 0.3) is 0 Å². The van der Waals surface area contributed by atoms with Gasteiger partial charge in [0.05, 0.1) is 5.41 Å². The number of carbonyl (C=O) groups is 1. The number of rotatable bonds is 2. The fraction of sp³-hybridized carbons (Fsp3) is 0.318. The number of fused-ring (bicyclic) bond motifs is 1. The van der Waals surface area contributed by atoms with Crippen LogP contribution in [0.4, 0.5) is 0 Å². The molecule has 6 rings (SSSR count). The van der Waals surface area contributed by atoms with Crippen LogP contribution in [0, 0.1) is 5.41 Å². The summed E-state index contributed by atoms with van der Waals surface area (Å²) in [6, 6.07) is 8.22. The zero-order valence-corrected chi connectivity index (χ0v) is 15.2. The summed E-state index contributed by atoms with van der Waals surface area (Å²) in [5, 5.41) is 0. The van der Waals surface area contributed by atoms with Gasteiger partial charge in [0.2, 0.25) is 0 Å². The first kappa shape index (κ1) is 15.5. The topological polar surface area (TPSA) is 38.8 Å². The van der Waals surface area contributed by atoms with Crippen LogP contribution in [-0.2, 0) is 14.9 Å². The first-order valence-corrected chi connectivity index (χ1v) is 8.97. The molecule has 1 unspecified atom stereocenters. The Balaban J connectivity index is 1.51. The highest BCUT2D eigenvalue weighted by Crippen LogP contribution is 2.59. The number of esters is 1. The van der Waals surface area contributed by atoms with Crippen molar-refractivity contribution in [3.63, 3.8) is 0 Å². The van der Waals surface area contributed by atoms with E-state index in [1.165, 1.54) is 22.5 Å². The van der Waals surface area contributed by atoms with Crippen molar-refractivity contribution in [3.8, 4) is 5.75 Å². The molecule has 4 nitrogen and oxygen atoms in total. The van der Waals surface area contributed by atoms with Crippen LogP contribution in [0.2, 0.25) is 0 Å². The van der Waals surface area contributed by atoms with Gasteiger partial charge in [-0.3, -0.25) is 4.79 Å². The zero-order valence-electron chi connectivity index (χ0n) is 15.2. The predicted octanol–water partition coefficient (Wildman–Crippen LogP) is 4.17. The monoisotopic (exact) mass is 347 g/mol. The van der Waals surface area contributed by atoms with E-state index < -0.39 is 5.41 Å². The van der Waals surface area contributed by atoms with Gasteiger partial charge in [-0.1, -0.05) is 30.4 Å². The van der Waals surface area contributed by atoms with Crippen molar-refractivity contribution in [2.45, 2.75) is 32.6 Å². The number of carbonyl (C=O) groups excluding carboxylic acids is 1. The van der Waals surface area contributed by atoms with E-state index in [1.807, 2.05) is 39.0 Å². The summed E-state index contributed by atoms with van der Waals surface area (Å²) < 4.78 is 11.7. The van der Waals surface area contributed by atoms with E-state index in [1.54, 1.807) is 0 Å². The summed E-state index contributed by atoms with van der Waals surface area (Å²) in [7, 11) is 0. The smallest absolute Gasteiger partial charge is 0.312 e. The van der Waals surface area contributed by atoms with Crippen molar-refractivity contribution >= 4 is 5.97 Å². The van der Waals surface area contributed by atoms with Crippen LogP contribution in [0.5, 0.6) is 5.75 Å². The number of benzene rings is 1. The predicted molar refractivity (Wildman–Crippen MR) is 98.0 cm³/mol. The lowest BCUT2D eigenvalue weighted by molar-refractivity contribution is -0.157. The van der Waals surface area contributed by atoms with Gasteiger partial charge in [-0.15, -0.1) is 0 Å². The van der Waals surface area contributed by atoms with Crippen LogP contribution in [0.15, 0.2) is 71.3 Å². The van der Waals surface area contributed by atoms with Crippen molar-refractivity contribution in [1.29, 1.82) is 0 Å². The maximum atomic E-state index is 12.1. The van der Waals surface area contributed by atoms with Gasteiger partial charge in [0, 0.05) is 23.4 Å². The molecule has 0 saturated carbocycles. The van der Waals surface area contributed by atoms with E-state index in [2.05, 4.69) is 35.3 Å². The van der Waals surface area contributed by atoms with Gasteiger partial charge in [0.1, 0.15) is 16.9 Å². The number of allylic oxidation sites excluding steroid dienone is 4. The van der Waals surface area contributed by atoms with E-state index in [-0.39, 0.29) is 18.1 Å². The minimum atomic E-state index is -0.494. The van der Waals surface area contributed by atoms with Gasteiger partial charge in [-0.05, 0) is 44.6 Å². The molecule has 4 heteroatoms. The maximum absolute atomic E-state index is 12.1. The fourth-order valence-corrected chi connectivity index (χ4v) is 4.13. The molecule has 1 atom stereocenters. The molecule has 1 spiro atoms. The number of hydrogen-bond acceptors (Lipinski definition) is 4. The molecule has 2 aliphatic carbocycles. The Bertz CT molecular complexity index is 958. The molecule has 1 aromatic carbocycles. The average molecular weight is 347 g/mol. The minimum Gasteiger partial charge on any atom is -0.460 e. The molecule has 0 aromatic heterocycles. The summed E-state index contributed by atoms with van der Waals surface area (Å²) in [5.41, 5.74) is 4.00. The number of nitrogens with zero attached hydrogens (tertiary/aromatic N) is 1. The SMILES string of the molecule is CC(C)(C)C(=O)OCN1C2=CC34C(=CC=CC3=C1C2)Oc1ccccc14. The summed E-state index contributed by atoms with van der Waals surface area (Å²) in [6.07, 6.45) is 9.44. The molecule has 132 valence electrons. The number of para-hydroxylation sites is 1. The molecule has 3 heterocycles. The molecule has 5 aliphatic rings. The molecule has 0 radical (unpaired) electrons. The second-order valence-corrected chi connectivity index (χ2v) is 8.21. The standard InChI is InChI=1S/C22H21NO3/c1-21(2,3)20(24)25-13-23-14-11-17(23)15-8-6-10-19-22(15,12-14)16-7-4-5-9-18(16)26-19/h4-10,12H,11,13H2,1-3H3. The van der Waals surface area contributed by atoms with Crippen LogP contribution >= 0.6 is 0 Å². The third kappa shape index (κ3) is 1.87. The van der Waals surface area contributed by atoms with E-state index in [0.29, 0.717) is 0 Å². The molecule has 26 heavy (non-hydrogen) atoms. The van der Waals surface area contributed by atoms with Crippen molar-refractivity contribution in [2.24, 2.45) is 5.41 Å². The van der Waals surface area contributed by atoms with Gasteiger partial charge < -0.3 is 14.4 Å². The van der Waals surface area contributed by atoms with E-state index in [9.17, 15) is 4.79 Å². The zero-order chi connectivity index (χ0) is 18.1. The largest absolute Gasteiger partial charge is 0.460 e. The normalized spacial score (nSPS) is 24.7. The van der Waals surface area contributed by atoms with Gasteiger partial charge in [-0.2, -0.15) is 0 Å². The second kappa shape index (κ2) is 4.91. The highest BCUT2D eigenvalue weighted by Gasteiger charge is 2.54. The molecule has 0 amide bonds. The van der Waals surface area contributed by atoms with Gasteiger partial charge >= 0.3 is 5.97 Å². The molecular weight excluding hydrogens is 326 g/mol. The minimum absolute atomic E-state index is 0.183. The maximum Gasteiger partial charge on any atom is 0.312 e. The molecule has 3 aliphatic heterocycles. The van der Waals surface area contributed by atoms with Crippen molar-refractivity contribution in [3.05, 3.63) is 76.9 Å². The molecule has 1 aromatic rings. The van der Waals surface area contributed by atoms with Crippen LogP contribution in [0.1, 0.15) is 32.8 Å². The molecule has 0 N–H and O–H groups in total. The van der Waals surface area contributed by atoms with Crippen LogP contribution < -0.4 is 4.74 Å². The van der Waals surface area contributed by atoms with Gasteiger partial charge in [0.25, 0.3) is 0 Å². The van der Waals surface area contributed by atoms with Gasteiger partial charge in [-0.25, -0.2) is 0 Å². The van der Waals surface area contributed by atoms with Crippen molar-refractivity contribution in [2.75, 3.05) is 6.73 Å². The Kier molecular flexibility index (Phi) is 2.93. The van der Waals surface area contributed by atoms with Crippen LogP contribution in [0.3, 0.4) is 0 Å². The summed E-state index contributed by atoms with van der Waals surface area (Å²) in [4.78, 5) is 14.2. The Morgan fingerprint density at radius 2 is 2.12 bits per heavy atom. The Labute approximate surface area is 153 Å². The van der Waals surface area contributed by atoms with Crippen LogP contribution in [-0.4, -0.2) is 17.6 Å². The second-order valence-electron chi connectivity index (χ2n) is 8.21. The lowest BCUT2D eigenvalue weighted by Gasteiger charge is -2.49. The van der Waals surface area contributed by atoms with Crippen molar-refractivity contribution in [1.82, 2.24) is 4.90 Å². The molecule has 1 saturated heterocycles. The molecule has 2 bridgehead atoms. The fourth-order valence-electron chi connectivity index (χ4n) is 4.13. The Morgan fingerprint density at radius 3 is 2.92 bits per heavy atom. The Hall–Kier alpha value is -2.75. The molecular formula is C22H21NO3. The van der Waals surface area contributed by atoms with E-state index >= 15 is 0 Å². The van der Waals surface area contributed by atoms with E-state index in [0.717, 1.165) is 17.9 Å². The number of ether oxygens (including phenoxy) is 2. The third-order valence-electron chi connectivity index (χ3n) is 5.51. The third-order valence-corrected chi connectivity index (χ3v) is 5.51. The summed E-state index contributed by atoms with van der Waals surface area (Å²) in [5.74, 6) is 1.69. The summed E-state index contributed by atoms with van der Waals surface area (Å²) in [6.45, 7) is 5.88. The highest BCUT2D eigenvalue weighted by atomic mass is 16.5. The Morgan fingerprint density at radius 1 is 1.31 bits per heavy atom. The van der Waals surface area contributed by atoms with Crippen molar-refractivity contribution < 1.29 is 14.3 Å². The summed E-state index contributed by atoms with van der Waals surface area (Å²) >= 11 is 0. The first-order valence-electron chi connectivity index (χ1n) is 8.97. The quantitative estimate of drug-likeness (QED) is 0.753. The average Bonchev–Trinajstić information content (AvgIpc) is 2.92. The highest BCUT2D eigenvalue weighted by molar-refractivity contribution is 5.75. The molecule has 1 fully saturated rings. The number of hydrogen-bond donors (Lipinski definition) is 0. The lowest BCUT2D eigenvalue weighted by atomic mass is 9.65.